The van der Waals surface area contributed by atoms with Crippen molar-refractivity contribution in [3.63, 3.8) is 0 Å². The maximum atomic E-state index is 14.0. The fourth-order valence-electron chi connectivity index (χ4n) is 5.69. The number of halogens is 3. The van der Waals surface area contributed by atoms with Crippen LogP contribution in [0.3, 0.4) is 0 Å². The highest BCUT2D eigenvalue weighted by Crippen LogP contribution is 2.72. The lowest BCUT2D eigenvalue weighted by atomic mass is 9.53. The van der Waals surface area contributed by atoms with Gasteiger partial charge in [0, 0.05) is 0 Å². The Morgan fingerprint density at radius 1 is 1.00 bits per heavy atom. The third-order valence-electron chi connectivity index (χ3n) is 6.16. The number of ether oxygens (including phenoxy) is 1. The molecule has 0 heterocycles. The van der Waals surface area contributed by atoms with Crippen LogP contribution in [0.2, 0.25) is 0 Å². The number of rotatable bonds is 1. The summed E-state index contributed by atoms with van der Waals surface area (Å²) in [5.41, 5.74) is -2.69. The number of esters is 1. The normalized spacial score (nSPS) is 38.0. The second kappa shape index (κ2) is 5.13. The Bertz CT molecular complexity index is 484. The van der Waals surface area contributed by atoms with Gasteiger partial charge in [-0.1, -0.05) is 41.5 Å². The van der Waals surface area contributed by atoms with Gasteiger partial charge >= 0.3 is 12.1 Å². The van der Waals surface area contributed by atoms with Gasteiger partial charge in [0.1, 0.15) is 0 Å². The van der Waals surface area contributed by atoms with Crippen LogP contribution in [0, 0.1) is 39.9 Å². The summed E-state index contributed by atoms with van der Waals surface area (Å²) in [6.07, 6.45) is -4.22. The van der Waals surface area contributed by atoms with E-state index in [0.29, 0.717) is 6.42 Å². The summed E-state index contributed by atoms with van der Waals surface area (Å²) in [5.74, 6) is -1.83. The number of fused-ring (bicyclic) bond motifs is 2. The fraction of sp³-hybridized carbons (Fsp3) is 0.944. The smallest absolute Gasteiger partial charge is 0.405 e. The van der Waals surface area contributed by atoms with Crippen LogP contribution >= 0.6 is 0 Å². The van der Waals surface area contributed by atoms with Crippen LogP contribution in [0.4, 0.5) is 13.2 Å². The molecular weight excluding hydrogens is 305 g/mol. The molecule has 0 aromatic rings. The molecule has 2 nitrogen and oxygen atoms in total. The molecule has 0 saturated heterocycles. The molecule has 0 amide bonds. The fourth-order valence-corrected chi connectivity index (χ4v) is 5.69. The number of methoxy groups -OCH3 is 1. The van der Waals surface area contributed by atoms with Gasteiger partial charge in [0.2, 0.25) is 0 Å². The molecule has 2 saturated carbocycles. The van der Waals surface area contributed by atoms with Crippen molar-refractivity contribution in [2.45, 2.75) is 60.6 Å². The Morgan fingerprint density at radius 3 is 1.83 bits per heavy atom. The van der Waals surface area contributed by atoms with Crippen molar-refractivity contribution < 1.29 is 22.7 Å². The SMILES string of the molecule is COC(=O)C1(C(F)(F)F)CC2CC1C(C(C)(C)C)C2C(C)(C)C. The second-order valence-electron chi connectivity index (χ2n) is 9.55. The highest BCUT2D eigenvalue weighted by Gasteiger charge is 2.76. The van der Waals surface area contributed by atoms with Gasteiger partial charge in [-0.3, -0.25) is 4.79 Å². The van der Waals surface area contributed by atoms with Crippen LogP contribution in [-0.4, -0.2) is 19.3 Å². The molecule has 0 aliphatic heterocycles. The molecule has 134 valence electrons. The van der Waals surface area contributed by atoms with Gasteiger partial charge in [-0.05, 0) is 47.3 Å². The number of alkyl halides is 3. The summed E-state index contributed by atoms with van der Waals surface area (Å²) >= 11 is 0. The van der Waals surface area contributed by atoms with E-state index in [1.54, 1.807) is 0 Å². The molecule has 0 aromatic heterocycles. The first-order chi connectivity index (χ1) is 10.2. The summed E-state index contributed by atoms with van der Waals surface area (Å²) in [5, 5.41) is 0. The molecule has 0 spiro atoms. The lowest BCUT2D eigenvalue weighted by Crippen LogP contribution is -2.56. The largest absolute Gasteiger partial charge is 0.468 e. The topological polar surface area (TPSA) is 26.3 Å². The molecule has 2 aliphatic rings. The summed E-state index contributed by atoms with van der Waals surface area (Å²) in [6.45, 7) is 12.3. The first kappa shape index (κ1) is 18.6. The monoisotopic (exact) mass is 334 g/mol. The van der Waals surface area contributed by atoms with Crippen molar-refractivity contribution in [3.8, 4) is 0 Å². The molecule has 5 unspecified atom stereocenters. The molecule has 2 bridgehead atoms. The highest BCUT2D eigenvalue weighted by atomic mass is 19.4. The van der Waals surface area contributed by atoms with E-state index in [0.717, 1.165) is 7.11 Å². The van der Waals surface area contributed by atoms with Gasteiger partial charge in [0.05, 0.1) is 7.11 Å². The van der Waals surface area contributed by atoms with E-state index in [4.69, 9.17) is 0 Å². The zero-order chi connectivity index (χ0) is 18.0. The average molecular weight is 334 g/mol. The van der Waals surface area contributed by atoms with Gasteiger partial charge in [-0.15, -0.1) is 0 Å². The van der Waals surface area contributed by atoms with E-state index in [1.165, 1.54) is 0 Å². The van der Waals surface area contributed by atoms with Crippen molar-refractivity contribution in [2.24, 2.45) is 39.9 Å². The van der Waals surface area contributed by atoms with Crippen molar-refractivity contribution >= 4 is 5.97 Å². The van der Waals surface area contributed by atoms with Crippen molar-refractivity contribution in [1.82, 2.24) is 0 Å². The Morgan fingerprint density at radius 2 is 1.48 bits per heavy atom. The van der Waals surface area contributed by atoms with E-state index in [-0.39, 0.29) is 35.0 Å². The molecule has 2 fully saturated rings. The first-order valence-corrected chi connectivity index (χ1v) is 8.33. The first-order valence-electron chi connectivity index (χ1n) is 8.33. The zero-order valence-electron chi connectivity index (χ0n) is 15.2. The van der Waals surface area contributed by atoms with E-state index in [1.807, 2.05) is 20.8 Å². The van der Waals surface area contributed by atoms with Gasteiger partial charge in [-0.2, -0.15) is 13.2 Å². The summed E-state index contributed by atoms with van der Waals surface area (Å²) in [4.78, 5) is 12.3. The quantitative estimate of drug-likeness (QED) is 0.626. The minimum Gasteiger partial charge on any atom is -0.468 e. The summed E-state index contributed by atoms with van der Waals surface area (Å²) in [7, 11) is 1.06. The van der Waals surface area contributed by atoms with E-state index < -0.39 is 23.5 Å². The predicted molar refractivity (Wildman–Crippen MR) is 82.6 cm³/mol. The van der Waals surface area contributed by atoms with Crippen LogP contribution in [0.15, 0.2) is 0 Å². The third-order valence-corrected chi connectivity index (χ3v) is 6.16. The van der Waals surface area contributed by atoms with E-state index in [9.17, 15) is 18.0 Å². The van der Waals surface area contributed by atoms with Crippen LogP contribution < -0.4 is 0 Å². The Balaban J connectivity index is 2.58. The minimum atomic E-state index is -4.56. The summed E-state index contributed by atoms with van der Waals surface area (Å²) < 4.78 is 46.6. The third kappa shape index (κ3) is 2.58. The van der Waals surface area contributed by atoms with Gasteiger partial charge in [0.25, 0.3) is 0 Å². The van der Waals surface area contributed by atoms with E-state index in [2.05, 4.69) is 25.5 Å². The number of carbonyl (C=O) groups excluding carboxylic acids is 1. The van der Waals surface area contributed by atoms with Crippen molar-refractivity contribution in [2.75, 3.05) is 7.11 Å². The van der Waals surface area contributed by atoms with Crippen molar-refractivity contribution in [1.29, 1.82) is 0 Å². The maximum absolute atomic E-state index is 14.0. The molecule has 2 aliphatic carbocycles. The minimum absolute atomic E-state index is 0.0781. The molecule has 2 rings (SSSR count). The van der Waals surface area contributed by atoms with Crippen molar-refractivity contribution in [3.05, 3.63) is 0 Å². The Hall–Kier alpha value is -0.740. The maximum Gasteiger partial charge on any atom is 0.405 e. The predicted octanol–water partition coefficient (Wildman–Crippen LogP) is 5.07. The average Bonchev–Trinajstić information content (AvgIpc) is 2.90. The molecule has 0 radical (unpaired) electrons. The standard InChI is InChI=1S/C18H29F3O2/c1-15(2,3)12-10-8-11(13(12)16(4,5)6)17(9-10,14(22)23-7)18(19,20)21/h10-13H,8-9H2,1-7H3. The zero-order valence-corrected chi connectivity index (χ0v) is 15.2. The Kier molecular flexibility index (Phi) is 4.14. The number of carbonyl (C=O) groups is 1. The molecule has 23 heavy (non-hydrogen) atoms. The van der Waals surface area contributed by atoms with Gasteiger partial charge < -0.3 is 4.74 Å². The lowest BCUT2D eigenvalue weighted by Gasteiger charge is -2.52. The molecule has 5 atom stereocenters. The van der Waals surface area contributed by atoms with Crippen LogP contribution in [-0.2, 0) is 9.53 Å². The highest BCUT2D eigenvalue weighted by molar-refractivity contribution is 5.79. The van der Waals surface area contributed by atoms with Crippen LogP contribution in [0.1, 0.15) is 54.4 Å². The molecular formula is C18H29F3O2. The summed E-state index contributed by atoms with van der Waals surface area (Å²) in [6, 6.07) is 0. The lowest BCUT2D eigenvalue weighted by molar-refractivity contribution is -0.260. The molecule has 0 N–H and O–H groups in total. The van der Waals surface area contributed by atoms with E-state index >= 15 is 0 Å². The number of hydrogen-bond donors (Lipinski definition) is 0. The van der Waals surface area contributed by atoms with Gasteiger partial charge in [-0.25, -0.2) is 0 Å². The number of hydrogen-bond acceptors (Lipinski definition) is 2. The second-order valence-corrected chi connectivity index (χ2v) is 9.55. The Labute approximate surface area is 137 Å². The van der Waals surface area contributed by atoms with Crippen LogP contribution in [0.25, 0.3) is 0 Å². The van der Waals surface area contributed by atoms with Crippen LogP contribution in [0.5, 0.6) is 0 Å². The van der Waals surface area contributed by atoms with Gasteiger partial charge in [0.15, 0.2) is 5.41 Å². The molecule has 5 heteroatoms. The molecule has 0 aromatic carbocycles.